The summed E-state index contributed by atoms with van der Waals surface area (Å²) in [4.78, 5) is 2.44. The zero-order valence-electron chi connectivity index (χ0n) is 7.72. The van der Waals surface area contributed by atoms with Crippen LogP contribution in [0.15, 0.2) is 0 Å². The molecule has 2 heterocycles. The normalized spacial score (nSPS) is 37.6. The van der Waals surface area contributed by atoms with E-state index in [1.54, 1.807) is 0 Å². The van der Waals surface area contributed by atoms with Gasteiger partial charge in [0.25, 0.3) is 0 Å². The second-order valence-electron chi connectivity index (χ2n) is 3.59. The molecule has 0 aromatic heterocycles. The highest BCUT2D eigenvalue weighted by molar-refractivity contribution is 6.20. The monoisotopic (exact) mass is 204 g/mol. The highest BCUT2D eigenvalue weighted by Crippen LogP contribution is 2.04. The van der Waals surface area contributed by atoms with Crippen molar-refractivity contribution in [2.45, 2.75) is 11.7 Å². The largest absolute Gasteiger partial charge is 0.314 e. The summed E-state index contributed by atoms with van der Waals surface area (Å²) in [6.07, 6.45) is 0.415. The predicted octanol–water partition coefficient (Wildman–Crippen LogP) is -1.02. The average Bonchev–Trinajstić information content (AvgIpc) is 2.19. The van der Waals surface area contributed by atoms with E-state index in [0.717, 1.165) is 39.3 Å². The van der Waals surface area contributed by atoms with Crippen LogP contribution in [0.5, 0.6) is 0 Å². The summed E-state index contributed by atoms with van der Waals surface area (Å²) in [5.41, 5.74) is 0.0774. The second kappa shape index (κ2) is 4.57. The van der Waals surface area contributed by atoms with Crippen LogP contribution in [0.3, 0.4) is 0 Å². The molecular weight excluding hydrogens is 188 g/mol. The van der Waals surface area contributed by atoms with Crippen LogP contribution in [0, 0.1) is 0 Å². The van der Waals surface area contributed by atoms with E-state index >= 15 is 0 Å². The minimum atomic E-state index is 0.0774. The fourth-order valence-corrected chi connectivity index (χ4v) is 2.16. The molecule has 0 aromatic carbocycles. The van der Waals surface area contributed by atoms with Crippen LogP contribution in [-0.2, 0) is 0 Å². The fourth-order valence-electron chi connectivity index (χ4n) is 1.90. The molecule has 4 nitrogen and oxygen atoms in total. The van der Waals surface area contributed by atoms with Crippen LogP contribution in [0.4, 0.5) is 0 Å². The zero-order valence-corrected chi connectivity index (χ0v) is 8.48. The van der Waals surface area contributed by atoms with Gasteiger partial charge in [-0.05, 0) is 0 Å². The lowest BCUT2D eigenvalue weighted by atomic mass is 10.3. The van der Waals surface area contributed by atoms with E-state index in [2.05, 4.69) is 20.9 Å². The highest BCUT2D eigenvalue weighted by atomic mass is 35.5. The Morgan fingerprint density at radius 1 is 1.08 bits per heavy atom. The Kier molecular flexibility index (Phi) is 3.40. The summed E-state index contributed by atoms with van der Waals surface area (Å²) < 4.78 is 0. The van der Waals surface area contributed by atoms with Gasteiger partial charge in [0.1, 0.15) is 0 Å². The number of nitrogens with one attached hydrogen (secondary N) is 3. The molecule has 76 valence electrons. The molecule has 0 saturated carbocycles. The number of alkyl halides is 1. The van der Waals surface area contributed by atoms with E-state index in [1.807, 2.05) is 0 Å². The van der Waals surface area contributed by atoms with Gasteiger partial charge in [-0.15, -0.1) is 11.6 Å². The lowest BCUT2D eigenvalue weighted by Gasteiger charge is -2.39. The number of halogens is 1. The zero-order chi connectivity index (χ0) is 9.10. The van der Waals surface area contributed by atoms with Crippen LogP contribution in [0.1, 0.15) is 0 Å². The van der Waals surface area contributed by atoms with Gasteiger partial charge in [0.2, 0.25) is 0 Å². The Morgan fingerprint density at radius 3 is 2.54 bits per heavy atom. The van der Waals surface area contributed by atoms with Gasteiger partial charge in [0.05, 0.1) is 11.7 Å². The van der Waals surface area contributed by atoms with Crippen molar-refractivity contribution in [3.8, 4) is 0 Å². The van der Waals surface area contributed by atoms with Crippen LogP contribution in [0.2, 0.25) is 0 Å². The van der Waals surface area contributed by atoms with Crippen LogP contribution >= 0.6 is 11.6 Å². The van der Waals surface area contributed by atoms with Gasteiger partial charge in [-0.2, -0.15) is 0 Å². The maximum atomic E-state index is 6.01. The Hall–Kier alpha value is 0.130. The van der Waals surface area contributed by atoms with Gasteiger partial charge in [-0.1, -0.05) is 0 Å². The van der Waals surface area contributed by atoms with Gasteiger partial charge in [0.15, 0.2) is 0 Å². The molecule has 0 aromatic rings. The van der Waals surface area contributed by atoms with Crippen molar-refractivity contribution in [2.24, 2.45) is 0 Å². The third-order valence-electron chi connectivity index (χ3n) is 2.63. The minimum absolute atomic E-state index is 0.0774. The number of hydrogen-bond acceptors (Lipinski definition) is 4. The van der Waals surface area contributed by atoms with Crippen molar-refractivity contribution >= 4 is 11.6 Å². The van der Waals surface area contributed by atoms with Crippen LogP contribution in [0.25, 0.3) is 0 Å². The molecular formula is C8H17ClN4. The molecule has 2 saturated heterocycles. The van der Waals surface area contributed by atoms with E-state index < -0.39 is 0 Å². The number of hydrogen-bond donors (Lipinski definition) is 3. The molecule has 5 heteroatoms. The molecule has 0 amide bonds. The van der Waals surface area contributed by atoms with Crippen molar-refractivity contribution in [1.29, 1.82) is 0 Å². The Bertz CT molecular complexity index is 160. The first-order valence-corrected chi connectivity index (χ1v) is 5.35. The fraction of sp³-hybridized carbons (Fsp3) is 1.00. The van der Waals surface area contributed by atoms with E-state index in [0.29, 0.717) is 6.17 Å². The summed E-state index contributed by atoms with van der Waals surface area (Å²) in [7, 11) is 0. The van der Waals surface area contributed by atoms with Gasteiger partial charge in [-0.3, -0.25) is 10.2 Å². The molecule has 2 fully saturated rings. The molecule has 0 radical (unpaired) electrons. The summed E-state index contributed by atoms with van der Waals surface area (Å²) in [5, 5.41) is 10.1. The molecule has 0 aliphatic carbocycles. The van der Waals surface area contributed by atoms with Crippen molar-refractivity contribution in [1.82, 2.24) is 20.9 Å². The van der Waals surface area contributed by atoms with E-state index in [9.17, 15) is 0 Å². The second-order valence-corrected chi connectivity index (χ2v) is 4.12. The van der Waals surface area contributed by atoms with E-state index in [-0.39, 0.29) is 5.50 Å². The average molecular weight is 205 g/mol. The van der Waals surface area contributed by atoms with Gasteiger partial charge in [0, 0.05) is 39.3 Å². The number of piperazine rings is 2. The molecule has 2 rings (SSSR count). The third-order valence-corrected chi connectivity index (χ3v) is 2.91. The lowest BCUT2D eigenvalue weighted by Crippen LogP contribution is -2.63. The third kappa shape index (κ3) is 2.54. The Labute approximate surface area is 84.0 Å². The number of nitrogens with zero attached hydrogens (tertiary/aromatic N) is 1. The Morgan fingerprint density at radius 2 is 1.85 bits per heavy atom. The van der Waals surface area contributed by atoms with Crippen LogP contribution in [-0.4, -0.2) is 55.8 Å². The molecule has 3 N–H and O–H groups in total. The summed E-state index contributed by atoms with van der Waals surface area (Å²) in [6.45, 7) is 6.27. The SMILES string of the molecule is ClC1CNCC(N2CCNCC2)N1. The van der Waals surface area contributed by atoms with Gasteiger partial charge in [-0.25, -0.2) is 0 Å². The van der Waals surface area contributed by atoms with Crippen molar-refractivity contribution in [3.63, 3.8) is 0 Å². The molecule has 2 atom stereocenters. The first-order chi connectivity index (χ1) is 6.36. The van der Waals surface area contributed by atoms with Crippen molar-refractivity contribution < 1.29 is 0 Å². The quantitative estimate of drug-likeness (QED) is 0.378. The maximum absolute atomic E-state index is 6.01. The first kappa shape index (κ1) is 9.68. The lowest BCUT2D eigenvalue weighted by molar-refractivity contribution is 0.126. The first-order valence-electron chi connectivity index (χ1n) is 4.92. The van der Waals surface area contributed by atoms with Gasteiger partial charge < -0.3 is 10.6 Å². The van der Waals surface area contributed by atoms with Crippen molar-refractivity contribution in [3.05, 3.63) is 0 Å². The molecule has 13 heavy (non-hydrogen) atoms. The van der Waals surface area contributed by atoms with E-state index in [4.69, 9.17) is 11.6 Å². The summed E-state index contributed by atoms with van der Waals surface area (Å²) in [5.74, 6) is 0. The molecule has 2 aliphatic heterocycles. The summed E-state index contributed by atoms with van der Waals surface area (Å²) >= 11 is 6.01. The smallest absolute Gasteiger partial charge is 0.0963 e. The van der Waals surface area contributed by atoms with Gasteiger partial charge >= 0.3 is 0 Å². The molecule has 2 aliphatic rings. The molecule has 2 unspecified atom stereocenters. The Balaban J connectivity index is 1.83. The van der Waals surface area contributed by atoms with Crippen LogP contribution < -0.4 is 16.0 Å². The van der Waals surface area contributed by atoms with Crippen molar-refractivity contribution in [2.75, 3.05) is 39.3 Å². The minimum Gasteiger partial charge on any atom is -0.314 e. The predicted molar refractivity (Wildman–Crippen MR) is 53.9 cm³/mol. The summed E-state index contributed by atoms with van der Waals surface area (Å²) in [6, 6.07) is 0. The standard InChI is InChI=1S/C8H17ClN4/c9-7-5-11-6-8(12-7)13-3-1-10-2-4-13/h7-8,10-12H,1-6H2. The number of rotatable bonds is 1. The molecule has 0 spiro atoms. The maximum Gasteiger partial charge on any atom is 0.0963 e. The molecule has 0 bridgehead atoms. The topological polar surface area (TPSA) is 39.3 Å². The highest BCUT2D eigenvalue weighted by Gasteiger charge is 2.24. The van der Waals surface area contributed by atoms with E-state index in [1.165, 1.54) is 0 Å².